The monoisotopic (exact) mass is 217 g/mol. The second-order valence-electron chi connectivity index (χ2n) is 2.78. The van der Waals surface area contributed by atoms with Gasteiger partial charge in [0.05, 0.1) is 0 Å². The van der Waals surface area contributed by atoms with E-state index in [1.54, 1.807) is 12.2 Å². The highest BCUT2D eigenvalue weighted by atomic mass is 16.5. The van der Waals surface area contributed by atoms with Crippen LogP contribution in [0.4, 0.5) is 0 Å². The Balaban J connectivity index is 0.00000106. The Bertz CT molecular complexity index is 328. The lowest BCUT2D eigenvalue weighted by atomic mass is 10.2. The summed E-state index contributed by atoms with van der Waals surface area (Å²) in [5.41, 5.74) is 5.52. The number of benzene rings is 1. The summed E-state index contributed by atoms with van der Waals surface area (Å²) in [5.74, 6) is 0.865. The molecule has 0 saturated heterocycles. The molecule has 0 amide bonds. The van der Waals surface area contributed by atoms with Crippen LogP contribution in [0.25, 0.3) is 0 Å². The molecule has 0 spiro atoms. The third kappa shape index (κ3) is 5.83. The van der Waals surface area contributed by atoms with Gasteiger partial charge in [0.2, 0.25) is 0 Å². The number of hydrogen-bond acceptors (Lipinski definition) is 2. The number of allylic oxidation sites excluding steroid dienone is 2. The molecular weight excluding hydrogens is 198 g/mol. The average Bonchev–Trinajstić information content (AvgIpc) is 2.38. The van der Waals surface area contributed by atoms with Gasteiger partial charge in [-0.2, -0.15) is 0 Å². The third-order valence-corrected chi connectivity index (χ3v) is 1.74. The molecule has 0 saturated carbocycles. The SMILES string of the molecule is C=C/C=C(\C=C)COc1ccccc1.CN. The van der Waals surface area contributed by atoms with E-state index in [-0.39, 0.29) is 0 Å². The van der Waals surface area contributed by atoms with Gasteiger partial charge in [-0.05, 0) is 24.8 Å². The van der Waals surface area contributed by atoms with Crippen LogP contribution in [-0.4, -0.2) is 13.7 Å². The number of ether oxygens (including phenoxy) is 1. The topological polar surface area (TPSA) is 35.2 Å². The highest BCUT2D eigenvalue weighted by Crippen LogP contribution is 2.10. The standard InChI is InChI=1S/C13H14O.CH5N/c1-3-8-12(4-2)11-14-13-9-6-5-7-10-13;1-2/h3-10H,1-2,11H2;2H2,1H3/b12-8+;. The zero-order chi connectivity index (χ0) is 12.2. The van der Waals surface area contributed by atoms with Crippen molar-refractivity contribution in [1.29, 1.82) is 0 Å². The highest BCUT2D eigenvalue weighted by Gasteiger charge is 1.93. The Morgan fingerprint density at radius 3 is 2.38 bits per heavy atom. The second kappa shape index (κ2) is 9.74. The fraction of sp³-hybridized carbons (Fsp3) is 0.143. The average molecular weight is 217 g/mol. The Hall–Kier alpha value is -1.80. The van der Waals surface area contributed by atoms with Gasteiger partial charge < -0.3 is 10.5 Å². The van der Waals surface area contributed by atoms with Crippen molar-refractivity contribution in [3.8, 4) is 5.75 Å². The minimum atomic E-state index is 0.527. The van der Waals surface area contributed by atoms with Gasteiger partial charge in [-0.1, -0.05) is 49.6 Å². The van der Waals surface area contributed by atoms with Crippen molar-refractivity contribution in [2.75, 3.05) is 13.7 Å². The molecule has 0 aliphatic heterocycles. The summed E-state index contributed by atoms with van der Waals surface area (Å²) in [6, 6.07) is 9.70. The first-order chi connectivity index (χ1) is 7.86. The first-order valence-corrected chi connectivity index (χ1v) is 5.06. The molecule has 0 bridgehead atoms. The molecule has 1 rings (SSSR count). The molecule has 86 valence electrons. The van der Waals surface area contributed by atoms with Crippen molar-refractivity contribution in [2.45, 2.75) is 0 Å². The maximum Gasteiger partial charge on any atom is 0.119 e. The van der Waals surface area contributed by atoms with E-state index in [0.29, 0.717) is 6.61 Å². The molecule has 2 heteroatoms. The van der Waals surface area contributed by atoms with Gasteiger partial charge in [-0.3, -0.25) is 0 Å². The molecule has 0 aromatic heterocycles. The van der Waals surface area contributed by atoms with E-state index in [1.165, 1.54) is 7.05 Å². The van der Waals surface area contributed by atoms with Crippen LogP contribution in [0.5, 0.6) is 5.75 Å². The van der Waals surface area contributed by atoms with Crippen LogP contribution in [0.3, 0.4) is 0 Å². The van der Waals surface area contributed by atoms with Gasteiger partial charge in [-0.15, -0.1) is 0 Å². The van der Waals surface area contributed by atoms with E-state index in [1.807, 2.05) is 36.4 Å². The van der Waals surface area contributed by atoms with E-state index in [2.05, 4.69) is 18.9 Å². The molecule has 0 aliphatic rings. The van der Waals surface area contributed by atoms with Crippen molar-refractivity contribution < 1.29 is 4.74 Å². The number of hydrogen-bond donors (Lipinski definition) is 1. The largest absolute Gasteiger partial charge is 0.489 e. The molecule has 16 heavy (non-hydrogen) atoms. The van der Waals surface area contributed by atoms with Crippen LogP contribution in [0.2, 0.25) is 0 Å². The highest BCUT2D eigenvalue weighted by molar-refractivity contribution is 5.25. The molecule has 0 aliphatic carbocycles. The van der Waals surface area contributed by atoms with Crippen LogP contribution < -0.4 is 10.5 Å². The van der Waals surface area contributed by atoms with Crippen LogP contribution >= 0.6 is 0 Å². The van der Waals surface area contributed by atoms with Crippen LogP contribution in [0, 0.1) is 0 Å². The molecule has 2 nitrogen and oxygen atoms in total. The Morgan fingerprint density at radius 2 is 1.88 bits per heavy atom. The van der Waals surface area contributed by atoms with Crippen LogP contribution in [-0.2, 0) is 0 Å². The predicted octanol–water partition coefficient (Wildman–Crippen LogP) is 2.94. The van der Waals surface area contributed by atoms with Gasteiger partial charge >= 0.3 is 0 Å². The van der Waals surface area contributed by atoms with E-state index in [0.717, 1.165) is 11.3 Å². The lowest BCUT2D eigenvalue weighted by Gasteiger charge is -2.05. The first kappa shape index (κ1) is 14.2. The molecule has 1 aromatic carbocycles. The Labute approximate surface area is 97.7 Å². The van der Waals surface area contributed by atoms with Crippen LogP contribution in [0.1, 0.15) is 0 Å². The van der Waals surface area contributed by atoms with Crippen molar-refractivity contribution in [3.63, 3.8) is 0 Å². The minimum absolute atomic E-state index is 0.527. The Morgan fingerprint density at radius 1 is 1.25 bits per heavy atom. The van der Waals surface area contributed by atoms with Gasteiger partial charge in [0, 0.05) is 0 Å². The zero-order valence-corrected chi connectivity index (χ0v) is 9.73. The smallest absolute Gasteiger partial charge is 0.119 e. The van der Waals surface area contributed by atoms with Crippen LogP contribution in [0.15, 0.2) is 67.3 Å². The van der Waals surface area contributed by atoms with Crippen molar-refractivity contribution >= 4 is 0 Å². The Kier molecular flexibility index (Phi) is 8.65. The summed E-state index contributed by atoms with van der Waals surface area (Å²) < 4.78 is 5.52. The molecule has 1 aromatic rings. The minimum Gasteiger partial charge on any atom is -0.489 e. The lowest BCUT2D eigenvalue weighted by Crippen LogP contribution is -1.98. The van der Waals surface area contributed by atoms with E-state index >= 15 is 0 Å². The quantitative estimate of drug-likeness (QED) is 0.770. The summed E-state index contributed by atoms with van der Waals surface area (Å²) >= 11 is 0. The summed E-state index contributed by atoms with van der Waals surface area (Å²) in [4.78, 5) is 0. The maximum absolute atomic E-state index is 5.52. The van der Waals surface area contributed by atoms with Gasteiger partial charge in [0.1, 0.15) is 12.4 Å². The molecule has 0 fully saturated rings. The van der Waals surface area contributed by atoms with Crippen molar-refractivity contribution in [2.24, 2.45) is 5.73 Å². The van der Waals surface area contributed by atoms with Crippen molar-refractivity contribution in [3.05, 3.63) is 67.3 Å². The fourth-order valence-electron chi connectivity index (χ4n) is 1.01. The number of para-hydroxylation sites is 1. The van der Waals surface area contributed by atoms with Gasteiger partial charge in [-0.25, -0.2) is 0 Å². The maximum atomic E-state index is 5.52. The summed E-state index contributed by atoms with van der Waals surface area (Å²) in [6.45, 7) is 7.85. The van der Waals surface area contributed by atoms with Gasteiger partial charge in [0.25, 0.3) is 0 Å². The first-order valence-electron chi connectivity index (χ1n) is 5.06. The molecule has 0 heterocycles. The third-order valence-electron chi connectivity index (χ3n) is 1.74. The van der Waals surface area contributed by atoms with E-state index < -0.39 is 0 Å². The number of nitrogens with two attached hydrogens (primary N) is 1. The van der Waals surface area contributed by atoms with Crippen molar-refractivity contribution in [1.82, 2.24) is 0 Å². The zero-order valence-electron chi connectivity index (χ0n) is 9.73. The normalized spacial score (nSPS) is 9.75. The molecule has 2 N–H and O–H groups in total. The summed E-state index contributed by atoms with van der Waals surface area (Å²) in [7, 11) is 1.50. The summed E-state index contributed by atoms with van der Waals surface area (Å²) in [5, 5.41) is 0. The second-order valence-corrected chi connectivity index (χ2v) is 2.78. The number of rotatable bonds is 5. The van der Waals surface area contributed by atoms with E-state index in [4.69, 9.17) is 4.74 Å². The molecular formula is C14H19NO. The lowest BCUT2D eigenvalue weighted by molar-refractivity contribution is 0.355. The fourth-order valence-corrected chi connectivity index (χ4v) is 1.01. The summed E-state index contributed by atoms with van der Waals surface area (Å²) in [6.07, 6.45) is 5.38. The van der Waals surface area contributed by atoms with Gasteiger partial charge in [0.15, 0.2) is 0 Å². The predicted molar refractivity (Wildman–Crippen MR) is 70.5 cm³/mol. The molecule has 0 unspecified atom stereocenters. The molecule has 0 radical (unpaired) electrons. The molecule has 0 atom stereocenters. The van der Waals surface area contributed by atoms with E-state index in [9.17, 15) is 0 Å².